The van der Waals surface area contributed by atoms with E-state index in [1.807, 2.05) is 31.2 Å². The minimum atomic E-state index is -0.614. The zero-order valence-corrected chi connectivity index (χ0v) is 18.1. The fourth-order valence-electron chi connectivity index (χ4n) is 4.67. The number of phenolic OH excluding ortho intramolecular Hbond substituents is 1. The molecule has 1 N–H and O–H groups in total. The van der Waals surface area contributed by atoms with E-state index in [0.29, 0.717) is 22.6 Å². The Balaban J connectivity index is 1.57. The summed E-state index contributed by atoms with van der Waals surface area (Å²) in [6.45, 7) is 2.90. The first-order valence-electron chi connectivity index (χ1n) is 11.1. The van der Waals surface area contributed by atoms with Crippen LogP contribution in [0.25, 0.3) is 44.5 Å². The van der Waals surface area contributed by atoms with Crippen LogP contribution in [0, 0.1) is 18.7 Å². The monoisotopic (exact) mass is 439 g/mol. The van der Waals surface area contributed by atoms with Crippen LogP contribution in [0.15, 0.2) is 65.1 Å². The van der Waals surface area contributed by atoms with Crippen LogP contribution in [0.3, 0.4) is 0 Å². The second-order valence-corrected chi connectivity index (χ2v) is 8.93. The Morgan fingerprint density at radius 3 is 2.76 bits per heavy atom. The highest BCUT2D eigenvalue weighted by Crippen LogP contribution is 2.40. The molecule has 0 atom stereocenters. The number of aldehydes is 1. The zero-order chi connectivity index (χ0) is 22.7. The summed E-state index contributed by atoms with van der Waals surface area (Å²) in [5.41, 5.74) is 5.38. The molecule has 0 bridgehead atoms. The lowest BCUT2D eigenvalue weighted by molar-refractivity contribution is 0.112. The van der Waals surface area contributed by atoms with Crippen molar-refractivity contribution in [1.82, 2.24) is 4.57 Å². The number of aromatic nitrogens is 1. The molecule has 0 spiro atoms. The number of fused-ring (bicyclic) bond motifs is 2. The van der Waals surface area contributed by atoms with Crippen LogP contribution in [0.1, 0.15) is 28.8 Å². The van der Waals surface area contributed by atoms with E-state index in [9.17, 15) is 14.3 Å². The number of aromatic hydroxyl groups is 1. The van der Waals surface area contributed by atoms with E-state index >= 15 is 0 Å². The molecule has 0 saturated heterocycles. The van der Waals surface area contributed by atoms with Crippen molar-refractivity contribution in [1.29, 1.82) is 0 Å². The molecule has 3 aromatic carbocycles. The molecule has 2 heterocycles. The number of benzene rings is 3. The molecule has 5 aromatic rings. The lowest BCUT2D eigenvalue weighted by atomic mass is 10.0. The number of rotatable bonds is 5. The third kappa shape index (κ3) is 3.23. The fourth-order valence-corrected chi connectivity index (χ4v) is 4.67. The van der Waals surface area contributed by atoms with Crippen LogP contribution >= 0.6 is 0 Å². The average Bonchev–Trinajstić information content (AvgIpc) is 3.50. The van der Waals surface area contributed by atoms with Crippen molar-refractivity contribution in [2.24, 2.45) is 5.92 Å². The summed E-state index contributed by atoms with van der Waals surface area (Å²) in [5, 5.41) is 11.9. The number of hydrogen-bond donors (Lipinski definition) is 1. The highest BCUT2D eigenvalue weighted by Gasteiger charge is 2.26. The molecule has 2 aromatic heterocycles. The maximum atomic E-state index is 14.6. The van der Waals surface area contributed by atoms with Crippen LogP contribution in [0.2, 0.25) is 0 Å². The van der Waals surface area contributed by atoms with Crippen LogP contribution < -0.4 is 0 Å². The van der Waals surface area contributed by atoms with E-state index in [1.54, 1.807) is 24.3 Å². The van der Waals surface area contributed by atoms with Crippen molar-refractivity contribution in [2.75, 3.05) is 0 Å². The SMILES string of the molecule is Cc1c(-c2cc3ccc(-c4cccc(O)c4F)cc3n2CC2CC2)oc2cc(C=O)ccc12. The second kappa shape index (κ2) is 7.34. The average molecular weight is 439 g/mol. The molecule has 164 valence electrons. The number of carbonyl (C=O) groups is 1. The van der Waals surface area contributed by atoms with E-state index in [-0.39, 0.29) is 5.75 Å². The van der Waals surface area contributed by atoms with Gasteiger partial charge in [0.15, 0.2) is 17.3 Å². The van der Waals surface area contributed by atoms with E-state index in [0.717, 1.165) is 51.7 Å². The molecule has 0 radical (unpaired) electrons. The molecular formula is C28H22FNO3. The van der Waals surface area contributed by atoms with Crippen LogP contribution in [-0.2, 0) is 6.54 Å². The standard InChI is InChI=1S/C28H22FNO3/c1-16-21-10-7-18(15-31)11-26(21)33-28(16)24-13-20-9-8-19(22-3-2-4-25(32)27(22)29)12-23(20)30(24)14-17-5-6-17/h2-4,7-13,15,17,32H,5-6,14H2,1H3. The number of halogens is 1. The number of aryl methyl sites for hydroxylation is 1. The summed E-state index contributed by atoms with van der Waals surface area (Å²) in [5.74, 6) is 0.438. The Bertz CT molecular complexity index is 1560. The second-order valence-electron chi connectivity index (χ2n) is 8.93. The Hall–Kier alpha value is -3.86. The Morgan fingerprint density at radius 2 is 1.97 bits per heavy atom. The summed E-state index contributed by atoms with van der Waals surface area (Å²) in [6.07, 6.45) is 3.21. The van der Waals surface area contributed by atoms with Gasteiger partial charge in [-0.3, -0.25) is 4.79 Å². The molecule has 6 rings (SSSR count). The zero-order valence-electron chi connectivity index (χ0n) is 18.1. The van der Waals surface area contributed by atoms with E-state index < -0.39 is 5.82 Å². The van der Waals surface area contributed by atoms with Crippen LogP contribution in [-0.4, -0.2) is 16.0 Å². The number of carbonyl (C=O) groups excluding carboxylic acids is 1. The molecule has 1 saturated carbocycles. The summed E-state index contributed by atoms with van der Waals surface area (Å²) in [6, 6.07) is 18.2. The van der Waals surface area contributed by atoms with Gasteiger partial charge in [0, 0.05) is 39.5 Å². The Morgan fingerprint density at radius 1 is 1.12 bits per heavy atom. The summed E-state index contributed by atoms with van der Waals surface area (Å²) in [7, 11) is 0. The van der Waals surface area contributed by atoms with Crippen molar-refractivity contribution in [3.63, 3.8) is 0 Å². The van der Waals surface area contributed by atoms with Gasteiger partial charge < -0.3 is 14.1 Å². The topological polar surface area (TPSA) is 55.4 Å². The first kappa shape index (κ1) is 19.8. The largest absolute Gasteiger partial charge is 0.505 e. The van der Waals surface area contributed by atoms with Gasteiger partial charge in [0.2, 0.25) is 0 Å². The van der Waals surface area contributed by atoms with Gasteiger partial charge in [-0.05, 0) is 55.5 Å². The molecular weight excluding hydrogens is 417 g/mol. The lowest BCUT2D eigenvalue weighted by Gasteiger charge is -2.11. The fraction of sp³-hybridized carbons (Fsp3) is 0.179. The molecule has 0 aliphatic heterocycles. The van der Waals surface area contributed by atoms with Crippen molar-refractivity contribution < 1.29 is 18.7 Å². The number of hydrogen-bond acceptors (Lipinski definition) is 3. The number of furan rings is 1. The number of phenols is 1. The molecule has 0 unspecified atom stereocenters. The predicted molar refractivity (Wildman–Crippen MR) is 127 cm³/mol. The molecule has 4 nitrogen and oxygen atoms in total. The molecule has 0 amide bonds. The minimum Gasteiger partial charge on any atom is -0.505 e. The van der Waals surface area contributed by atoms with E-state index in [1.165, 1.54) is 18.9 Å². The van der Waals surface area contributed by atoms with Gasteiger partial charge in [0.05, 0.1) is 5.69 Å². The van der Waals surface area contributed by atoms with Gasteiger partial charge in [-0.25, -0.2) is 4.39 Å². The maximum absolute atomic E-state index is 14.6. The molecule has 33 heavy (non-hydrogen) atoms. The molecule has 1 aliphatic rings. The van der Waals surface area contributed by atoms with Crippen LogP contribution in [0.5, 0.6) is 5.75 Å². The van der Waals surface area contributed by atoms with Gasteiger partial charge in [0.25, 0.3) is 0 Å². The first-order valence-corrected chi connectivity index (χ1v) is 11.1. The summed E-state index contributed by atoms with van der Waals surface area (Å²) >= 11 is 0. The normalized spacial score (nSPS) is 13.8. The highest BCUT2D eigenvalue weighted by atomic mass is 19.1. The number of nitrogens with zero attached hydrogens (tertiary/aromatic N) is 1. The van der Waals surface area contributed by atoms with Gasteiger partial charge >= 0.3 is 0 Å². The van der Waals surface area contributed by atoms with E-state index in [4.69, 9.17) is 4.42 Å². The third-order valence-corrected chi connectivity index (χ3v) is 6.66. The van der Waals surface area contributed by atoms with Crippen molar-refractivity contribution in [3.05, 3.63) is 77.6 Å². The molecule has 1 fully saturated rings. The summed E-state index contributed by atoms with van der Waals surface area (Å²) < 4.78 is 23.2. The maximum Gasteiger partial charge on any atom is 0.172 e. The van der Waals surface area contributed by atoms with E-state index in [2.05, 4.69) is 10.6 Å². The van der Waals surface area contributed by atoms with Crippen molar-refractivity contribution in [2.45, 2.75) is 26.3 Å². The Labute approximate surface area is 189 Å². The van der Waals surface area contributed by atoms with Gasteiger partial charge in [0.1, 0.15) is 11.9 Å². The smallest absolute Gasteiger partial charge is 0.172 e. The quantitative estimate of drug-likeness (QED) is 0.297. The highest BCUT2D eigenvalue weighted by molar-refractivity contribution is 5.95. The third-order valence-electron chi connectivity index (χ3n) is 6.66. The van der Waals surface area contributed by atoms with Gasteiger partial charge in [-0.1, -0.05) is 36.4 Å². The molecule has 1 aliphatic carbocycles. The lowest BCUT2D eigenvalue weighted by Crippen LogP contribution is -2.02. The van der Waals surface area contributed by atoms with Crippen LogP contribution in [0.4, 0.5) is 4.39 Å². The summed E-state index contributed by atoms with van der Waals surface area (Å²) in [4.78, 5) is 11.2. The van der Waals surface area contributed by atoms with Crippen molar-refractivity contribution in [3.8, 4) is 28.3 Å². The first-order chi connectivity index (χ1) is 16.0. The van der Waals surface area contributed by atoms with Gasteiger partial charge in [-0.2, -0.15) is 0 Å². The van der Waals surface area contributed by atoms with Gasteiger partial charge in [-0.15, -0.1) is 0 Å². The predicted octanol–water partition coefficient (Wildman–Crippen LogP) is 7.10. The Kier molecular flexibility index (Phi) is 4.40. The molecule has 5 heteroatoms. The van der Waals surface area contributed by atoms with Crippen molar-refractivity contribution >= 4 is 28.2 Å². The minimum absolute atomic E-state index is 0.353.